The van der Waals surface area contributed by atoms with Crippen molar-refractivity contribution in [3.63, 3.8) is 0 Å². The first-order valence-electron chi connectivity index (χ1n) is 2.90. The molecule has 0 aromatic carbocycles. The summed E-state index contributed by atoms with van der Waals surface area (Å²) in [7, 11) is 1.69. The van der Waals surface area contributed by atoms with Crippen molar-refractivity contribution in [2.75, 3.05) is 7.05 Å². The minimum absolute atomic E-state index is 0.456. The Bertz CT molecular complexity index is 216. The van der Waals surface area contributed by atoms with Crippen molar-refractivity contribution in [1.82, 2.24) is 0 Å². The number of rotatable bonds is 2. The molecular weight excluding hydrogens is 124 g/mol. The van der Waals surface area contributed by atoms with Crippen molar-refractivity contribution in [2.45, 2.75) is 6.92 Å². The van der Waals surface area contributed by atoms with Crippen LogP contribution in [0.15, 0.2) is 28.8 Å². The monoisotopic (exact) mass is 134 g/mol. The third-order valence-electron chi connectivity index (χ3n) is 0.878. The molecule has 0 saturated carbocycles. The van der Waals surface area contributed by atoms with Gasteiger partial charge in [0, 0.05) is 18.8 Å². The van der Waals surface area contributed by atoms with Crippen LogP contribution in [-0.2, 0) is 0 Å². The standard InChI is InChI=1S/C8H10N2/c1-7(5-9)4-8(2)6-10-3/h4,6H,1H2,2-3H3/b8-4-,10-6?. The highest BCUT2D eigenvalue weighted by atomic mass is 14.6. The second-order valence-electron chi connectivity index (χ2n) is 1.91. The first-order chi connectivity index (χ1) is 4.70. The lowest BCUT2D eigenvalue weighted by molar-refractivity contribution is 1.44. The molecule has 0 aliphatic heterocycles. The molecule has 2 nitrogen and oxygen atoms in total. The van der Waals surface area contributed by atoms with Crippen LogP contribution in [0.25, 0.3) is 0 Å². The third-order valence-corrected chi connectivity index (χ3v) is 0.878. The van der Waals surface area contributed by atoms with E-state index in [4.69, 9.17) is 5.26 Å². The first kappa shape index (κ1) is 8.64. The molecule has 0 aliphatic carbocycles. The fourth-order valence-corrected chi connectivity index (χ4v) is 0.548. The van der Waals surface area contributed by atoms with Crippen molar-refractivity contribution in [1.29, 1.82) is 5.26 Å². The summed E-state index contributed by atoms with van der Waals surface area (Å²) in [6.07, 6.45) is 3.37. The van der Waals surface area contributed by atoms with Gasteiger partial charge in [0.2, 0.25) is 0 Å². The highest BCUT2D eigenvalue weighted by molar-refractivity contribution is 5.78. The second-order valence-corrected chi connectivity index (χ2v) is 1.91. The quantitative estimate of drug-likeness (QED) is 0.322. The fourth-order valence-electron chi connectivity index (χ4n) is 0.548. The summed E-state index contributed by atoms with van der Waals surface area (Å²) in [5.41, 5.74) is 1.39. The summed E-state index contributed by atoms with van der Waals surface area (Å²) in [6, 6.07) is 1.92. The van der Waals surface area contributed by atoms with E-state index in [9.17, 15) is 0 Å². The maximum atomic E-state index is 8.31. The molecule has 10 heavy (non-hydrogen) atoms. The number of nitriles is 1. The maximum absolute atomic E-state index is 8.31. The maximum Gasteiger partial charge on any atom is 0.0985 e. The number of allylic oxidation sites excluding steroid dienone is 3. The summed E-state index contributed by atoms with van der Waals surface area (Å²) < 4.78 is 0. The zero-order chi connectivity index (χ0) is 7.98. The van der Waals surface area contributed by atoms with E-state index in [0.717, 1.165) is 5.57 Å². The normalized spacial score (nSPS) is 11.5. The van der Waals surface area contributed by atoms with Crippen LogP contribution in [-0.4, -0.2) is 13.3 Å². The van der Waals surface area contributed by atoms with Gasteiger partial charge in [-0.25, -0.2) is 0 Å². The molecule has 0 rings (SSSR count). The fraction of sp³-hybridized carbons (Fsp3) is 0.250. The van der Waals surface area contributed by atoms with Gasteiger partial charge in [-0.3, -0.25) is 4.99 Å². The molecule has 0 heterocycles. The van der Waals surface area contributed by atoms with E-state index in [-0.39, 0.29) is 0 Å². The molecule has 0 spiro atoms. The van der Waals surface area contributed by atoms with E-state index in [1.807, 2.05) is 13.0 Å². The Kier molecular flexibility index (Phi) is 3.90. The molecule has 0 N–H and O–H groups in total. The van der Waals surface area contributed by atoms with Crippen LogP contribution in [0.5, 0.6) is 0 Å². The predicted octanol–water partition coefficient (Wildman–Crippen LogP) is 1.71. The Morgan fingerprint density at radius 1 is 1.70 bits per heavy atom. The molecule has 0 aromatic rings. The smallest absolute Gasteiger partial charge is 0.0985 e. The summed E-state index contributed by atoms with van der Waals surface area (Å²) >= 11 is 0. The number of hydrogen-bond donors (Lipinski definition) is 0. The summed E-state index contributed by atoms with van der Waals surface area (Å²) in [4.78, 5) is 3.78. The van der Waals surface area contributed by atoms with Gasteiger partial charge in [0.05, 0.1) is 6.07 Å². The lowest BCUT2D eigenvalue weighted by Gasteiger charge is -1.86. The summed E-state index contributed by atoms with van der Waals surface area (Å²) in [5, 5.41) is 8.31. The Labute approximate surface area is 61.2 Å². The molecule has 52 valence electrons. The lowest BCUT2D eigenvalue weighted by atomic mass is 10.2. The molecule has 0 aliphatic rings. The average molecular weight is 134 g/mol. The van der Waals surface area contributed by atoms with Gasteiger partial charge in [-0.15, -0.1) is 0 Å². The van der Waals surface area contributed by atoms with Gasteiger partial charge in [-0.1, -0.05) is 6.58 Å². The second kappa shape index (κ2) is 4.51. The summed E-state index contributed by atoms with van der Waals surface area (Å²) in [5.74, 6) is 0. The van der Waals surface area contributed by atoms with Crippen LogP contribution in [0.4, 0.5) is 0 Å². The van der Waals surface area contributed by atoms with E-state index < -0.39 is 0 Å². The molecule has 0 aromatic heterocycles. The third kappa shape index (κ3) is 3.62. The first-order valence-corrected chi connectivity index (χ1v) is 2.90. The highest BCUT2D eigenvalue weighted by Gasteiger charge is 1.84. The van der Waals surface area contributed by atoms with Gasteiger partial charge >= 0.3 is 0 Å². The lowest BCUT2D eigenvalue weighted by Crippen LogP contribution is -1.77. The van der Waals surface area contributed by atoms with Crippen LogP contribution < -0.4 is 0 Å². The Balaban J connectivity index is 4.20. The summed E-state index contributed by atoms with van der Waals surface area (Å²) in [6.45, 7) is 5.37. The zero-order valence-corrected chi connectivity index (χ0v) is 6.26. The van der Waals surface area contributed by atoms with Crippen molar-refractivity contribution < 1.29 is 0 Å². The molecule has 0 amide bonds. The van der Waals surface area contributed by atoms with Crippen LogP contribution in [0, 0.1) is 11.3 Å². The van der Waals surface area contributed by atoms with Gasteiger partial charge in [-0.2, -0.15) is 5.26 Å². The minimum Gasteiger partial charge on any atom is -0.296 e. The molecule has 0 unspecified atom stereocenters. The largest absolute Gasteiger partial charge is 0.296 e. The van der Waals surface area contributed by atoms with Crippen LogP contribution in [0.3, 0.4) is 0 Å². The molecule has 0 fully saturated rings. The van der Waals surface area contributed by atoms with E-state index in [1.165, 1.54) is 0 Å². The van der Waals surface area contributed by atoms with Crippen LogP contribution in [0.1, 0.15) is 6.92 Å². The van der Waals surface area contributed by atoms with Crippen LogP contribution >= 0.6 is 0 Å². The minimum atomic E-state index is 0.456. The number of hydrogen-bond acceptors (Lipinski definition) is 2. The molecule has 0 bridgehead atoms. The van der Waals surface area contributed by atoms with E-state index in [2.05, 4.69) is 11.6 Å². The van der Waals surface area contributed by atoms with Gasteiger partial charge in [0.1, 0.15) is 0 Å². The predicted molar refractivity (Wildman–Crippen MR) is 42.9 cm³/mol. The van der Waals surface area contributed by atoms with E-state index >= 15 is 0 Å². The molecule has 0 saturated heterocycles. The van der Waals surface area contributed by atoms with E-state index in [0.29, 0.717) is 5.57 Å². The van der Waals surface area contributed by atoms with Gasteiger partial charge in [0.25, 0.3) is 0 Å². The Morgan fingerprint density at radius 3 is 2.70 bits per heavy atom. The highest BCUT2D eigenvalue weighted by Crippen LogP contribution is 1.95. The molecule has 0 atom stereocenters. The molecule has 0 radical (unpaired) electrons. The van der Waals surface area contributed by atoms with Crippen molar-refractivity contribution in [3.05, 3.63) is 23.8 Å². The van der Waals surface area contributed by atoms with Gasteiger partial charge in [0.15, 0.2) is 0 Å². The average Bonchev–Trinajstić information content (AvgIpc) is 1.88. The van der Waals surface area contributed by atoms with Gasteiger partial charge < -0.3 is 0 Å². The Morgan fingerprint density at radius 2 is 2.30 bits per heavy atom. The van der Waals surface area contributed by atoms with Crippen molar-refractivity contribution >= 4 is 6.21 Å². The SMILES string of the molecule is C=C(C#N)/C=C(/C)C=NC. The molecular formula is C8H10N2. The topological polar surface area (TPSA) is 36.1 Å². The van der Waals surface area contributed by atoms with Gasteiger partial charge in [-0.05, 0) is 18.6 Å². The Hall–Kier alpha value is -1.36. The van der Waals surface area contributed by atoms with Crippen molar-refractivity contribution in [3.8, 4) is 6.07 Å². The molecule has 2 heteroatoms. The zero-order valence-electron chi connectivity index (χ0n) is 6.26. The number of aliphatic imine (C=N–C) groups is 1. The van der Waals surface area contributed by atoms with Crippen molar-refractivity contribution in [2.24, 2.45) is 4.99 Å². The van der Waals surface area contributed by atoms with E-state index in [1.54, 1.807) is 19.3 Å². The van der Waals surface area contributed by atoms with Crippen LogP contribution in [0.2, 0.25) is 0 Å². The number of nitrogens with zero attached hydrogens (tertiary/aromatic N) is 2.